The Bertz CT molecular complexity index is 279. The summed E-state index contributed by atoms with van der Waals surface area (Å²) in [6, 6.07) is 0.463. The van der Waals surface area contributed by atoms with Crippen LogP contribution in [0.5, 0.6) is 0 Å². The number of aromatic amines is 1. The first-order valence-electron chi connectivity index (χ1n) is 4.61. The van der Waals surface area contributed by atoms with E-state index in [0.29, 0.717) is 11.9 Å². The number of H-pyrrole nitrogens is 1. The van der Waals surface area contributed by atoms with Gasteiger partial charge < -0.3 is 15.6 Å². The molecule has 0 spiro atoms. The number of aryl methyl sites for hydroxylation is 1. The van der Waals surface area contributed by atoms with Crippen molar-refractivity contribution in [2.75, 3.05) is 17.7 Å². The van der Waals surface area contributed by atoms with E-state index in [1.807, 2.05) is 14.0 Å². The zero-order chi connectivity index (χ0) is 10.0. The predicted octanol–water partition coefficient (Wildman–Crippen LogP) is 1.54. The summed E-state index contributed by atoms with van der Waals surface area (Å²) in [4.78, 5) is 9.41. The Labute approximate surface area is 79.1 Å². The van der Waals surface area contributed by atoms with Crippen molar-refractivity contribution in [3.05, 3.63) is 5.82 Å². The molecule has 0 bridgehead atoms. The Hall–Kier alpha value is -1.19. The second-order valence-electron chi connectivity index (χ2n) is 3.43. The molecular weight excluding hydrogens is 164 g/mol. The van der Waals surface area contributed by atoms with Crippen LogP contribution in [0.15, 0.2) is 0 Å². The quantitative estimate of drug-likeness (QED) is 0.745. The summed E-state index contributed by atoms with van der Waals surface area (Å²) in [7, 11) is 2.01. The zero-order valence-corrected chi connectivity index (χ0v) is 8.76. The van der Waals surface area contributed by atoms with E-state index in [4.69, 9.17) is 5.73 Å². The van der Waals surface area contributed by atoms with Crippen LogP contribution in [-0.2, 0) is 0 Å². The van der Waals surface area contributed by atoms with Gasteiger partial charge in [-0.25, -0.2) is 4.98 Å². The third kappa shape index (κ3) is 1.94. The molecule has 74 valence electrons. The number of nitrogens with zero attached hydrogens (tertiary/aromatic N) is 2. The molecule has 1 aromatic heterocycles. The van der Waals surface area contributed by atoms with Crippen molar-refractivity contribution in [3.63, 3.8) is 0 Å². The summed E-state index contributed by atoms with van der Waals surface area (Å²) in [5.41, 5.74) is 5.78. The van der Waals surface area contributed by atoms with Gasteiger partial charge in [-0.1, -0.05) is 6.92 Å². The predicted molar refractivity (Wildman–Crippen MR) is 55.9 cm³/mol. The Morgan fingerprint density at radius 2 is 2.23 bits per heavy atom. The number of nitrogen functional groups attached to an aromatic ring is 1. The normalized spacial score (nSPS) is 12.9. The SMILES string of the molecule is CCC(C)N(C)c1nc(C)[nH]c1N. The summed E-state index contributed by atoms with van der Waals surface area (Å²) >= 11 is 0. The first-order chi connectivity index (χ1) is 6.06. The minimum Gasteiger partial charge on any atom is -0.382 e. The van der Waals surface area contributed by atoms with E-state index in [9.17, 15) is 0 Å². The number of hydrogen-bond donors (Lipinski definition) is 2. The zero-order valence-electron chi connectivity index (χ0n) is 8.76. The van der Waals surface area contributed by atoms with Crippen molar-refractivity contribution in [1.29, 1.82) is 0 Å². The van der Waals surface area contributed by atoms with Gasteiger partial charge in [-0.05, 0) is 20.3 Å². The fourth-order valence-corrected chi connectivity index (χ4v) is 1.25. The molecule has 0 fully saturated rings. The molecule has 13 heavy (non-hydrogen) atoms. The fourth-order valence-electron chi connectivity index (χ4n) is 1.25. The molecule has 0 aliphatic rings. The standard InChI is InChI=1S/C9H18N4/c1-5-6(2)13(4)9-8(10)11-7(3)12-9/h6H,5,10H2,1-4H3,(H,11,12). The van der Waals surface area contributed by atoms with Crippen LogP contribution >= 0.6 is 0 Å². The number of anilines is 2. The van der Waals surface area contributed by atoms with E-state index in [0.717, 1.165) is 18.1 Å². The van der Waals surface area contributed by atoms with E-state index in [-0.39, 0.29) is 0 Å². The highest BCUT2D eigenvalue weighted by atomic mass is 15.2. The number of imidazole rings is 1. The van der Waals surface area contributed by atoms with Crippen LogP contribution in [-0.4, -0.2) is 23.1 Å². The van der Waals surface area contributed by atoms with Gasteiger partial charge in [0.1, 0.15) is 11.6 Å². The average Bonchev–Trinajstić information content (AvgIpc) is 2.42. The summed E-state index contributed by atoms with van der Waals surface area (Å²) in [5.74, 6) is 2.37. The van der Waals surface area contributed by atoms with Gasteiger partial charge in [0.25, 0.3) is 0 Å². The van der Waals surface area contributed by atoms with E-state index >= 15 is 0 Å². The molecule has 0 saturated carbocycles. The van der Waals surface area contributed by atoms with Crippen molar-refractivity contribution in [2.24, 2.45) is 0 Å². The van der Waals surface area contributed by atoms with Crippen molar-refractivity contribution in [2.45, 2.75) is 33.2 Å². The number of hydrogen-bond acceptors (Lipinski definition) is 3. The Balaban J connectivity index is 2.87. The second kappa shape index (κ2) is 3.68. The van der Waals surface area contributed by atoms with Crippen molar-refractivity contribution >= 4 is 11.6 Å². The summed E-state index contributed by atoms with van der Waals surface area (Å²) in [6.07, 6.45) is 1.09. The number of rotatable bonds is 3. The maximum Gasteiger partial charge on any atom is 0.171 e. The second-order valence-corrected chi connectivity index (χ2v) is 3.43. The van der Waals surface area contributed by atoms with Crippen LogP contribution in [0.1, 0.15) is 26.1 Å². The molecule has 0 radical (unpaired) electrons. The van der Waals surface area contributed by atoms with Gasteiger partial charge in [0.05, 0.1) is 0 Å². The van der Waals surface area contributed by atoms with Gasteiger partial charge in [-0.3, -0.25) is 0 Å². The maximum atomic E-state index is 5.78. The molecule has 0 aliphatic heterocycles. The number of aromatic nitrogens is 2. The molecule has 1 rings (SSSR count). The van der Waals surface area contributed by atoms with Gasteiger partial charge in [0.15, 0.2) is 5.82 Å². The van der Waals surface area contributed by atoms with Gasteiger partial charge in [0, 0.05) is 13.1 Å². The third-order valence-corrected chi connectivity index (χ3v) is 2.42. The van der Waals surface area contributed by atoms with Crippen LogP contribution in [0, 0.1) is 6.92 Å². The van der Waals surface area contributed by atoms with Crippen LogP contribution in [0.3, 0.4) is 0 Å². The Morgan fingerprint density at radius 3 is 2.62 bits per heavy atom. The first kappa shape index (κ1) is 9.89. The highest BCUT2D eigenvalue weighted by Gasteiger charge is 2.13. The van der Waals surface area contributed by atoms with Gasteiger partial charge in [-0.2, -0.15) is 0 Å². The van der Waals surface area contributed by atoms with Crippen LogP contribution in [0.25, 0.3) is 0 Å². The molecule has 3 N–H and O–H groups in total. The fraction of sp³-hybridized carbons (Fsp3) is 0.667. The molecule has 0 aliphatic carbocycles. The minimum atomic E-state index is 0.463. The monoisotopic (exact) mass is 182 g/mol. The molecule has 1 aromatic rings. The molecule has 4 nitrogen and oxygen atoms in total. The molecule has 1 unspecified atom stereocenters. The highest BCUT2D eigenvalue weighted by molar-refractivity contribution is 5.58. The number of nitrogens with two attached hydrogens (primary N) is 1. The van der Waals surface area contributed by atoms with Crippen LogP contribution < -0.4 is 10.6 Å². The minimum absolute atomic E-state index is 0.463. The molecule has 0 saturated heterocycles. The van der Waals surface area contributed by atoms with Crippen molar-refractivity contribution in [3.8, 4) is 0 Å². The van der Waals surface area contributed by atoms with Gasteiger partial charge in [0.2, 0.25) is 0 Å². The Morgan fingerprint density at radius 1 is 1.62 bits per heavy atom. The summed E-state index contributed by atoms with van der Waals surface area (Å²) < 4.78 is 0. The summed E-state index contributed by atoms with van der Waals surface area (Å²) in [5, 5.41) is 0. The maximum absolute atomic E-state index is 5.78. The number of nitrogens with one attached hydrogen (secondary N) is 1. The Kier molecular flexibility index (Phi) is 2.80. The lowest BCUT2D eigenvalue weighted by atomic mass is 10.2. The highest BCUT2D eigenvalue weighted by Crippen LogP contribution is 2.20. The van der Waals surface area contributed by atoms with Gasteiger partial charge >= 0.3 is 0 Å². The third-order valence-electron chi connectivity index (χ3n) is 2.42. The lowest BCUT2D eigenvalue weighted by molar-refractivity contribution is 0.658. The van der Waals surface area contributed by atoms with E-state index in [1.54, 1.807) is 0 Å². The van der Waals surface area contributed by atoms with Crippen molar-refractivity contribution in [1.82, 2.24) is 9.97 Å². The summed E-state index contributed by atoms with van der Waals surface area (Å²) in [6.45, 7) is 6.21. The van der Waals surface area contributed by atoms with Crippen LogP contribution in [0.4, 0.5) is 11.6 Å². The largest absolute Gasteiger partial charge is 0.382 e. The molecule has 1 heterocycles. The van der Waals surface area contributed by atoms with E-state index in [2.05, 4.69) is 28.7 Å². The van der Waals surface area contributed by atoms with Gasteiger partial charge in [-0.15, -0.1) is 0 Å². The molecule has 4 heteroatoms. The first-order valence-corrected chi connectivity index (χ1v) is 4.61. The lowest BCUT2D eigenvalue weighted by Crippen LogP contribution is -2.28. The molecule has 1 atom stereocenters. The molecule has 0 aromatic carbocycles. The molecular formula is C9H18N4. The topological polar surface area (TPSA) is 57.9 Å². The lowest BCUT2D eigenvalue weighted by Gasteiger charge is -2.23. The van der Waals surface area contributed by atoms with Crippen LogP contribution in [0.2, 0.25) is 0 Å². The van der Waals surface area contributed by atoms with E-state index < -0.39 is 0 Å². The molecule has 0 amide bonds. The van der Waals surface area contributed by atoms with Crippen molar-refractivity contribution < 1.29 is 0 Å². The van der Waals surface area contributed by atoms with E-state index in [1.165, 1.54) is 0 Å². The smallest absolute Gasteiger partial charge is 0.171 e. The average molecular weight is 182 g/mol.